The van der Waals surface area contributed by atoms with Gasteiger partial charge in [-0.2, -0.15) is 11.8 Å². The molecule has 0 aliphatic carbocycles. The van der Waals surface area contributed by atoms with E-state index in [0.29, 0.717) is 29.4 Å². The SMILES string of the molecule is CCOc1ccc(C(C)(CSCc2cccc(Oc3ccccc3)c2)C(F)F)cc1. The lowest BCUT2D eigenvalue weighted by Gasteiger charge is -2.29. The van der Waals surface area contributed by atoms with Gasteiger partial charge in [-0.3, -0.25) is 0 Å². The molecule has 2 nitrogen and oxygen atoms in total. The molecule has 0 aliphatic heterocycles. The van der Waals surface area contributed by atoms with E-state index in [1.165, 1.54) is 11.8 Å². The molecule has 0 saturated heterocycles. The third-order valence-corrected chi connectivity index (χ3v) is 6.20. The summed E-state index contributed by atoms with van der Waals surface area (Å²) in [5.41, 5.74) is 0.430. The van der Waals surface area contributed by atoms with Crippen LogP contribution in [0.25, 0.3) is 0 Å². The van der Waals surface area contributed by atoms with Crippen LogP contribution in [0, 0.1) is 0 Å². The molecule has 1 unspecified atom stereocenters. The number of thioether (sulfide) groups is 1. The summed E-state index contributed by atoms with van der Waals surface area (Å²) in [5, 5.41) is 0. The molecule has 0 amide bonds. The normalized spacial score (nSPS) is 13.1. The van der Waals surface area contributed by atoms with Gasteiger partial charge in [0.2, 0.25) is 6.43 Å². The Morgan fingerprint density at radius 3 is 2.23 bits per heavy atom. The first kappa shape index (κ1) is 22.2. The maximum atomic E-state index is 14.0. The molecule has 0 spiro atoms. The van der Waals surface area contributed by atoms with Crippen molar-refractivity contribution in [1.82, 2.24) is 0 Å². The van der Waals surface area contributed by atoms with Gasteiger partial charge >= 0.3 is 0 Å². The Bertz CT molecular complexity index is 916. The number of halogens is 2. The minimum Gasteiger partial charge on any atom is -0.494 e. The van der Waals surface area contributed by atoms with Crippen LogP contribution in [0.3, 0.4) is 0 Å². The van der Waals surface area contributed by atoms with Gasteiger partial charge in [0, 0.05) is 11.5 Å². The fraction of sp³-hybridized carbons (Fsp3) is 0.280. The minimum absolute atomic E-state index is 0.308. The van der Waals surface area contributed by atoms with Gasteiger partial charge in [-0.1, -0.05) is 42.5 Å². The van der Waals surface area contributed by atoms with Crippen LogP contribution in [-0.2, 0) is 11.2 Å². The van der Waals surface area contributed by atoms with Gasteiger partial charge in [0.25, 0.3) is 0 Å². The van der Waals surface area contributed by atoms with Crippen LogP contribution < -0.4 is 9.47 Å². The van der Waals surface area contributed by atoms with E-state index >= 15 is 0 Å². The molecule has 0 aromatic heterocycles. The van der Waals surface area contributed by atoms with Crippen molar-refractivity contribution in [1.29, 1.82) is 0 Å². The zero-order valence-electron chi connectivity index (χ0n) is 17.2. The molecule has 3 rings (SSSR count). The van der Waals surface area contributed by atoms with Gasteiger partial charge in [-0.25, -0.2) is 8.78 Å². The lowest BCUT2D eigenvalue weighted by atomic mass is 9.85. The molecule has 0 heterocycles. The highest BCUT2D eigenvalue weighted by Gasteiger charge is 2.36. The second-order valence-corrected chi connectivity index (χ2v) is 8.22. The zero-order valence-corrected chi connectivity index (χ0v) is 18.0. The van der Waals surface area contributed by atoms with E-state index < -0.39 is 11.8 Å². The average Bonchev–Trinajstić information content (AvgIpc) is 2.75. The fourth-order valence-corrected chi connectivity index (χ4v) is 4.31. The van der Waals surface area contributed by atoms with Gasteiger partial charge < -0.3 is 9.47 Å². The highest BCUT2D eigenvalue weighted by molar-refractivity contribution is 7.98. The molecule has 1 atom stereocenters. The van der Waals surface area contributed by atoms with Crippen LogP contribution >= 0.6 is 11.8 Å². The van der Waals surface area contributed by atoms with Gasteiger partial charge in [0.05, 0.1) is 12.0 Å². The first-order chi connectivity index (χ1) is 14.5. The molecule has 30 heavy (non-hydrogen) atoms. The van der Waals surface area contributed by atoms with Crippen molar-refractivity contribution in [2.75, 3.05) is 12.4 Å². The highest BCUT2D eigenvalue weighted by atomic mass is 32.2. The molecule has 5 heteroatoms. The Morgan fingerprint density at radius 1 is 0.867 bits per heavy atom. The van der Waals surface area contributed by atoms with Crippen molar-refractivity contribution in [3.8, 4) is 17.2 Å². The third-order valence-electron chi connectivity index (χ3n) is 4.85. The number of rotatable bonds is 10. The van der Waals surface area contributed by atoms with Crippen molar-refractivity contribution in [3.05, 3.63) is 90.0 Å². The first-order valence-corrected chi connectivity index (χ1v) is 11.1. The number of para-hydroxylation sites is 1. The van der Waals surface area contributed by atoms with E-state index in [1.54, 1.807) is 31.2 Å². The lowest BCUT2D eigenvalue weighted by Crippen LogP contribution is -2.33. The van der Waals surface area contributed by atoms with Crippen molar-refractivity contribution in [3.63, 3.8) is 0 Å². The molecule has 0 N–H and O–H groups in total. The number of ether oxygens (including phenoxy) is 2. The monoisotopic (exact) mass is 428 g/mol. The lowest BCUT2D eigenvalue weighted by molar-refractivity contribution is 0.0720. The maximum absolute atomic E-state index is 14.0. The van der Waals surface area contributed by atoms with Crippen molar-refractivity contribution in [2.24, 2.45) is 0 Å². The van der Waals surface area contributed by atoms with Crippen molar-refractivity contribution >= 4 is 11.8 Å². The molecule has 0 saturated carbocycles. The Morgan fingerprint density at radius 2 is 1.57 bits per heavy atom. The molecule has 3 aromatic carbocycles. The summed E-state index contributed by atoms with van der Waals surface area (Å²) < 4.78 is 39.3. The summed E-state index contributed by atoms with van der Waals surface area (Å²) in [6.45, 7) is 4.07. The predicted molar refractivity (Wildman–Crippen MR) is 120 cm³/mol. The Labute approximate surface area is 181 Å². The second-order valence-electron chi connectivity index (χ2n) is 7.23. The molecular weight excluding hydrogens is 402 g/mol. The van der Waals surface area contributed by atoms with E-state index in [2.05, 4.69) is 0 Å². The van der Waals surface area contributed by atoms with Gasteiger partial charge in [-0.05, 0) is 61.4 Å². The largest absolute Gasteiger partial charge is 0.494 e. The number of benzene rings is 3. The van der Waals surface area contributed by atoms with Crippen molar-refractivity contribution < 1.29 is 18.3 Å². The van der Waals surface area contributed by atoms with Crippen LogP contribution in [0.5, 0.6) is 17.2 Å². The first-order valence-electron chi connectivity index (χ1n) is 9.92. The van der Waals surface area contributed by atoms with Crippen LogP contribution in [0.15, 0.2) is 78.9 Å². The molecule has 0 fully saturated rings. The van der Waals surface area contributed by atoms with Crippen LogP contribution in [0.4, 0.5) is 8.78 Å². The summed E-state index contributed by atoms with van der Waals surface area (Å²) >= 11 is 1.50. The van der Waals surface area contributed by atoms with E-state index in [1.807, 2.05) is 61.5 Å². The number of hydrogen-bond acceptors (Lipinski definition) is 3. The summed E-state index contributed by atoms with van der Waals surface area (Å²) in [4.78, 5) is 0. The summed E-state index contributed by atoms with van der Waals surface area (Å²) in [7, 11) is 0. The zero-order chi connectivity index (χ0) is 21.4. The Balaban J connectivity index is 1.63. The van der Waals surface area contributed by atoms with Gasteiger partial charge in [0.1, 0.15) is 17.2 Å². The Kier molecular flexibility index (Phi) is 7.75. The summed E-state index contributed by atoms with van der Waals surface area (Å²) in [6, 6.07) is 24.3. The van der Waals surface area contributed by atoms with E-state index in [4.69, 9.17) is 9.47 Å². The minimum atomic E-state index is -2.46. The summed E-state index contributed by atoms with van der Waals surface area (Å²) in [6.07, 6.45) is -2.46. The van der Waals surface area contributed by atoms with E-state index in [0.717, 1.165) is 17.1 Å². The van der Waals surface area contributed by atoms with Crippen molar-refractivity contribution in [2.45, 2.75) is 31.4 Å². The van der Waals surface area contributed by atoms with Gasteiger partial charge in [-0.15, -0.1) is 0 Å². The van der Waals surface area contributed by atoms with Crippen LogP contribution in [0.2, 0.25) is 0 Å². The standard InChI is InChI=1S/C25H26F2O2S/c1-3-28-21-14-12-20(13-15-21)25(2,24(26)27)18-30-17-19-8-7-11-23(16-19)29-22-9-5-4-6-10-22/h4-16,24H,3,17-18H2,1-2H3. The number of alkyl halides is 2. The quantitative estimate of drug-likeness (QED) is 0.337. The fourth-order valence-electron chi connectivity index (χ4n) is 3.08. The molecule has 3 aromatic rings. The molecular formula is C25H26F2O2S. The second kappa shape index (κ2) is 10.5. The molecule has 0 bridgehead atoms. The van der Waals surface area contributed by atoms with E-state index in [9.17, 15) is 8.78 Å². The topological polar surface area (TPSA) is 18.5 Å². The van der Waals surface area contributed by atoms with Crippen LogP contribution in [-0.4, -0.2) is 18.8 Å². The summed E-state index contributed by atoms with van der Waals surface area (Å²) in [5.74, 6) is 3.14. The third kappa shape index (κ3) is 5.76. The predicted octanol–water partition coefficient (Wildman–Crippen LogP) is 7.33. The average molecular weight is 429 g/mol. The molecule has 0 aliphatic rings. The Hall–Kier alpha value is -2.53. The molecule has 0 radical (unpaired) electrons. The van der Waals surface area contributed by atoms with Gasteiger partial charge in [0.15, 0.2) is 0 Å². The maximum Gasteiger partial charge on any atom is 0.248 e. The smallest absolute Gasteiger partial charge is 0.248 e. The van der Waals surface area contributed by atoms with E-state index in [-0.39, 0.29) is 0 Å². The van der Waals surface area contributed by atoms with Crippen LogP contribution in [0.1, 0.15) is 25.0 Å². The molecule has 158 valence electrons. The number of hydrogen-bond donors (Lipinski definition) is 0. The highest BCUT2D eigenvalue weighted by Crippen LogP contribution is 2.36.